The van der Waals surface area contributed by atoms with Crippen LogP contribution in [0.1, 0.15) is 19.3 Å². The van der Waals surface area contributed by atoms with Crippen LogP contribution < -0.4 is 16.0 Å². The van der Waals surface area contributed by atoms with Gasteiger partial charge in [-0.2, -0.15) is 13.2 Å². The van der Waals surface area contributed by atoms with Gasteiger partial charge in [-0.25, -0.2) is 9.97 Å². The summed E-state index contributed by atoms with van der Waals surface area (Å²) in [5.41, 5.74) is 1.16. The van der Waals surface area contributed by atoms with Gasteiger partial charge in [-0.3, -0.25) is 4.79 Å². The lowest BCUT2D eigenvalue weighted by Gasteiger charge is -2.30. The van der Waals surface area contributed by atoms with Crippen molar-refractivity contribution in [3.63, 3.8) is 0 Å². The summed E-state index contributed by atoms with van der Waals surface area (Å²) >= 11 is 6.35. The fraction of sp³-hybridized carbons (Fsp3) is 0.522. The fourth-order valence-corrected chi connectivity index (χ4v) is 4.41. The highest BCUT2D eigenvalue weighted by molar-refractivity contribution is 6.33. The minimum Gasteiger partial charge on any atom is -0.381 e. The number of hydrogen-bond acceptors (Lipinski definition) is 6. The third kappa shape index (κ3) is 6.37. The zero-order valence-corrected chi connectivity index (χ0v) is 19.3. The van der Waals surface area contributed by atoms with Crippen LogP contribution in [0.2, 0.25) is 5.02 Å². The summed E-state index contributed by atoms with van der Waals surface area (Å²) < 4.78 is 44.6. The topological polar surface area (TPSA) is 88.2 Å². The maximum atomic E-state index is 13.1. The van der Waals surface area contributed by atoms with Gasteiger partial charge in [0.05, 0.1) is 22.6 Å². The van der Waals surface area contributed by atoms with E-state index in [-0.39, 0.29) is 25.3 Å². The smallest absolute Gasteiger partial charge is 0.381 e. The second-order valence-electron chi connectivity index (χ2n) is 8.71. The molecule has 2 aromatic rings. The molecule has 0 radical (unpaired) electrons. The molecule has 0 unspecified atom stereocenters. The number of carbonyl (C=O) groups excluding carboxylic acids is 1. The van der Waals surface area contributed by atoms with E-state index in [9.17, 15) is 18.0 Å². The fourth-order valence-electron chi connectivity index (χ4n) is 4.21. The highest BCUT2D eigenvalue weighted by atomic mass is 35.5. The Morgan fingerprint density at radius 3 is 2.76 bits per heavy atom. The number of nitrogens with one attached hydrogen (secondary N) is 3. The van der Waals surface area contributed by atoms with Gasteiger partial charge in [-0.05, 0) is 43.4 Å². The van der Waals surface area contributed by atoms with Crippen LogP contribution in [-0.4, -0.2) is 54.9 Å². The number of rotatable bonds is 6. The Labute approximate surface area is 200 Å². The summed E-state index contributed by atoms with van der Waals surface area (Å²) in [6.45, 7) is 2.34. The maximum absolute atomic E-state index is 13.1. The monoisotopic (exact) mass is 497 g/mol. The molecule has 0 aliphatic carbocycles. The van der Waals surface area contributed by atoms with Crippen molar-refractivity contribution in [1.29, 1.82) is 0 Å². The molecule has 34 heavy (non-hydrogen) atoms. The Hall–Kier alpha value is -2.43. The van der Waals surface area contributed by atoms with Crippen molar-refractivity contribution in [2.75, 3.05) is 43.5 Å². The van der Waals surface area contributed by atoms with E-state index in [1.807, 2.05) is 12.1 Å². The van der Waals surface area contributed by atoms with Gasteiger partial charge in [0.2, 0.25) is 5.91 Å². The van der Waals surface area contributed by atoms with E-state index in [0.717, 1.165) is 32.6 Å². The van der Waals surface area contributed by atoms with E-state index in [2.05, 4.69) is 25.9 Å². The Morgan fingerprint density at radius 1 is 1.21 bits per heavy atom. The number of hydrogen-bond donors (Lipinski definition) is 3. The molecule has 0 spiro atoms. The largest absolute Gasteiger partial charge is 0.393 e. The maximum Gasteiger partial charge on any atom is 0.393 e. The van der Waals surface area contributed by atoms with Crippen LogP contribution in [-0.2, 0) is 9.53 Å². The lowest BCUT2D eigenvalue weighted by Crippen LogP contribution is -2.46. The highest BCUT2D eigenvalue weighted by Crippen LogP contribution is 2.34. The van der Waals surface area contributed by atoms with Gasteiger partial charge in [-0.15, -0.1) is 0 Å². The average molecular weight is 498 g/mol. The van der Waals surface area contributed by atoms with Crippen LogP contribution in [0.25, 0.3) is 11.3 Å². The number of piperidine rings is 1. The zero-order valence-electron chi connectivity index (χ0n) is 18.5. The van der Waals surface area contributed by atoms with Gasteiger partial charge in [0.15, 0.2) is 0 Å². The quantitative estimate of drug-likeness (QED) is 0.549. The molecule has 0 bridgehead atoms. The van der Waals surface area contributed by atoms with Crippen molar-refractivity contribution in [2.45, 2.75) is 25.4 Å². The van der Waals surface area contributed by atoms with E-state index in [4.69, 9.17) is 16.3 Å². The normalized spacial score (nSPS) is 21.8. The van der Waals surface area contributed by atoms with Crippen molar-refractivity contribution in [2.24, 2.45) is 17.8 Å². The van der Waals surface area contributed by atoms with Crippen molar-refractivity contribution in [3.05, 3.63) is 35.5 Å². The second-order valence-corrected chi connectivity index (χ2v) is 9.12. The third-order valence-corrected chi connectivity index (χ3v) is 6.53. The van der Waals surface area contributed by atoms with Gasteiger partial charge >= 0.3 is 6.18 Å². The number of anilines is 2. The molecule has 2 aliphatic rings. The van der Waals surface area contributed by atoms with E-state index in [1.54, 1.807) is 12.1 Å². The van der Waals surface area contributed by atoms with Gasteiger partial charge in [0.1, 0.15) is 11.6 Å². The number of amides is 1. The number of halogens is 4. The number of carbonyl (C=O) groups is 1. The summed E-state index contributed by atoms with van der Waals surface area (Å²) in [6, 6.07) is 7.11. The summed E-state index contributed by atoms with van der Waals surface area (Å²) in [5.74, 6) is -1.43. The summed E-state index contributed by atoms with van der Waals surface area (Å²) in [7, 11) is 0. The second kappa shape index (κ2) is 10.9. The molecule has 184 valence electrons. The van der Waals surface area contributed by atoms with Gasteiger partial charge in [-0.1, -0.05) is 17.7 Å². The van der Waals surface area contributed by atoms with Crippen molar-refractivity contribution < 1.29 is 22.7 Å². The highest BCUT2D eigenvalue weighted by Gasteiger charge is 2.43. The van der Waals surface area contributed by atoms with E-state index >= 15 is 0 Å². The minimum atomic E-state index is -4.34. The Morgan fingerprint density at radius 2 is 2.00 bits per heavy atom. The van der Waals surface area contributed by atoms with E-state index in [0.29, 0.717) is 28.0 Å². The first kappa shape index (κ1) is 24.7. The molecule has 11 heteroatoms. The molecule has 2 fully saturated rings. The van der Waals surface area contributed by atoms with Crippen LogP contribution in [0, 0.1) is 17.8 Å². The van der Waals surface area contributed by atoms with Crippen molar-refractivity contribution in [3.8, 4) is 11.3 Å². The Balaban J connectivity index is 1.43. The third-order valence-electron chi connectivity index (χ3n) is 6.23. The van der Waals surface area contributed by atoms with E-state index in [1.165, 1.54) is 6.20 Å². The molecule has 2 aromatic heterocycles. The molecule has 0 aromatic carbocycles. The molecular formula is C23H27ClF3N5O2. The van der Waals surface area contributed by atoms with Gasteiger partial charge in [0, 0.05) is 44.6 Å². The molecule has 4 rings (SSSR count). The first-order chi connectivity index (χ1) is 16.3. The number of nitrogens with zero attached hydrogens (tertiary/aromatic N) is 2. The number of alkyl halides is 3. The number of aromatic nitrogens is 2. The van der Waals surface area contributed by atoms with Gasteiger partial charge in [0.25, 0.3) is 0 Å². The summed E-state index contributed by atoms with van der Waals surface area (Å²) in [4.78, 5) is 21.4. The average Bonchev–Trinajstić information content (AvgIpc) is 2.84. The first-order valence-corrected chi connectivity index (χ1v) is 11.7. The van der Waals surface area contributed by atoms with Crippen molar-refractivity contribution in [1.82, 2.24) is 15.3 Å². The van der Waals surface area contributed by atoms with Gasteiger partial charge < -0.3 is 20.7 Å². The molecule has 0 saturated carbocycles. The molecule has 2 saturated heterocycles. The standard InChI is InChI=1S/C23H27ClF3N5O2/c24-18-13-30-21(32-22(33)15-8-16(12-28-11-15)23(25,26)27)9-17(18)19-2-1-3-20(31-19)29-10-14-4-6-34-7-5-14/h1-3,9,13-16,28H,4-8,10-12H2,(H,29,31)(H,30,32,33)/t15-,16+/m1/s1. The van der Waals surface area contributed by atoms with E-state index < -0.39 is 23.9 Å². The van der Waals surface area contributed by atoms with Crippen LogP contribution >= 0.6 is 11.6 Å². The lowest BCUT2D eigenvalue weighted by atomic mass is 9.89. The lowest BCUT2D eigenvalue weighted by molar-refractivity contribution is -0.181. The number of pyridine rings is 2. The molecule has 3 N–H and O–H groups in total. The zero-order chi connectivity index (χ0) is 24.1. The summed E-state index contributed by atoms with van der Waals surface area (Å²) in [5, 5.41) is 9.04. The summed E-state index contributed by atoms with van der Waals surface area (Å²) in [6.07, 6.45) is -1.19. The molecule has 7 nitrogen and oxygen atoms in total. The molecule has 2 atom stereocenters. The predicted molar refractivity (Wildman–Crippen MR) is 124 cm³/mol. The van der Waals surface area contributed by atoms with Crippen LogP contribution in [0.15, 0.2) is 30.5 Å². The predicted octanol–water partition coefficient (Wildman–Crippen LogP) is 4.36. The minimum absolute atomic E-state index is 0.179. The van der Waals surface area contributed by atoms with Crippen LogP contribution in [0.5, 0.6) is 0 Å². The first-order valence-electron chi connectivity index (χ1n) is 11.3. The molecular weight excluding hydrogens is 471 g/mol. The molecule has 4 heterocycles. The van der Waals surface area contributed by atoms with Crippen molar-refractivity contribution >= 4 is 29.1 Å². The number of ether oxygens (including phenoxy) is 1. The van der Waals surface area contributed by atoms with Crippen LogP contribution in [0.4, 0.5) is 24.8 Å². The Kier molecular flexibility index (Phi) is 7.90. The molecule has 2 aliphatic heterocycles. The Bertz CT molecular complexity index is 1000. The molecule has 1 amide bonds. The van der Waals surface area contributed by atoms with Crippen LogP contribution in [0.3, 0.4) is 0 Å². The SMILES string of the molecule is O=C(Nc1cc(-c2cccc(NCC3CCOCC3)n2)c(Cl)cn1)[C@H]1CNC[C@@H](C(F)(F)F)C1.